The van der Waals surface area contributed by atoms with Crippen molar-refractivity contribution in [3.05, 3.63) is 35.5 Å². The Balaban J connectivity index is 1.56. The lowest BCUT2D eigenvalue weighted by Gasteiger charge is -2.31. The van der Waals surface area contributed by atoms with Gasteiger partial charge in [0.15, 0.2) is 0 Å². The van der Waals surface area contributed by atoms with Gasteiger partial charge in [-0.05, 0) is 43.4 Å². The first-order valence-electron chi connectivity index (χ1n) is 7.63. The van der Waals surface area contributed by atoms with Gasteiger partial charge in [-0.2, -0.15) is 0 Å². The number of hydrogen-bond donors (Lipinski definition) is 3. The van der Waals surface area contributed by atoms with E-state index in [0.29, 0.717) is 19.4 Å². The minimum atomic E-state index is -0.863. The number of carboxylic acid groups (broad SMARTS) is 1. The Bertz CT molecular complexity index is 720. The van der Waals surface area contributed by atoms with Crippen molar-refractivity contribution in [1.29, 1.82) is 0 Å². The zero-order chi connectivity index (χ0) is 15.7. The van der Waals surface area contributed by atoms with Gasteiger partial charge in [0.25, 0.3) is 0 Å². The summed E-state index contributed by atoms with van der Waals surface area (Å²) in [5.74, 6) is -1.85. The number of benzene rings is 1. The second kappa shape index (κ2) is 5.83. The van der Waals surface area contributed by atoms with E-state index in [2.05, 4.69) is 35.4 Å². The van der Waals surface area contributed by atoms with E-state index in [0.717, 1.165) is 11.9 Å². The molecule has 22 heavy (non-hydrogen) atoms. The third-order valence-electron chi connectivity index (χ3n) is 4.54. The lowest BCUT2D eigenvalue weighted by molar-refractivity contribution is -0.152. The number of fused-ring (bicyclic) bond motifs is 1. The molecule has 1 aliphatic rings. The van der Waals surface area contributed by atoms with Crippen LogP contribution in [0.5, 0.6) is 0 Å². The second-order valence-electron chi connectivity index (χ2n) is 6.03. The first kappa shape index (κ1) is 14.6. The van der Waals surface area contributed by atoms with E-state index in [4.69, 9.17) is 5.11 Å². The molecular weight excluding hydrogens is 280 g/mol. The molecule has 116 valence electrons. The van der Waals surface area contributed by atoms with Gasteiger partial charge in [-0.15, -0.1) is 0 Å². The second-order valence-corrected chi connectivity index (χ2v) is 6.03. The van der Waals surface area contributed by atoms with Crippen LogP contribution in [0.1, 0.15) is 24.0 Å². The van der Waals surface area contributed by atoms with Gasteiger partial charge < -0.3 is 15.4 Å². The fourth-order valence-corrected chi connectivity index (χ4v) is 3.07. The topological polar surface area (TPSA) is 82.2 Å². The number of aliphatic carboxylic acids is 1. The molecular formula is C17H20N2O3. The van der Waals surface area contributed by atoms with Crippen LogP contribution >= 0.6 is 0 Å². The van der Waals surface area contributed by atoms with Gasteiger partial charge in [-0.25, -0.2) is 0 Å². The van der Waals surface area contributed by atoms with Crippen molar-refractivity contribution in [1.82, 2.24) is 10.3 Å². The quantitative estimate of drug-likeness (QED) is 0.792. The lowest BCUT2D eigenvalue weighted by atomic mass is 9.73. The number of hydrogen-bond acceptors (Lipinski definition) is 2. The maximum Gasteiger partial charge on any atom is 0.307 e. The molecule has 1 amide bonds. The molecule has 2 aromatic rings. The summed E-state index contributed by atoms with van der Waals surface area (Å²) in [6.07, 6.45) is 3.99. The fraction of sp³-hybridized carbons (Fsp3) is 0.412. The molecule has 1 fully saturated rings. The molecule has 3 N–H and O–H groups in total. The summed E-state index contributed by atoms with van der Waals surface area (Å²) in [7, 11) is 0. The number of amides is 1. The molecule has 1 aliphatic carbocycles. The van der Waals surface area contributed by atoms with E-state index in [1.165, 1.54) is 16.5 Å². The number of H-pyrrole nitrogens is 1. The normalized spacial score (nSPS) is 20.6. The van der Waals surface area contributed by atoms with Gasteiger partial charge in [0.2, 0.25) is 5.91 Å². The smallest absolute Gasteiger partial charge is 0.307 e. The summed E-state index contributed by atoms with van der Waals surface area (Å²) in [5, 5.41) is 13.0. The number of carboxylic acids is 1. The number of aryl methyl sites for hydroxylation is 1. The van der Waals surface area contributed by atoms with Gasteiger partial charge in [0.05, 0.1) is 11.8 Å². The molecule has 1 aromatic carbocycles. The molecule has 2 atom stereocenters. The van der Waals surface area contributed by atoms with Crippen molar-refractivity contribution in [2.24, 2.45) is 11.8 Å². The van der Waals surface area contributed by atoms with Crippen molar-refractivity contribution in [3.63, 3.8) is 0 Å². The highest BCUT2D eigenvalue weighted by molar-refractivity contribution is 5.86. The number of carbonyl (C=O) groups is 2. The number of aromatic nitrogens is 1. The van der Waals surface area contributed by atoms with Crippen molar-refractivity contribution in [2.45, 2.75) is 26.2 Å². The standard InChI is InChI=1S/C17H20N2O3/c1-10-2-3-12-11(9-19-15(12)8-10)6-7-18-16(20)13-4-5-14(13)17(21)22/h2-3,8-9,13-14,19H,4-7H2,1H3,(H,18,20)(H,21,22). The number of nitrogens with one attached hydrogen (secondary N) is 2. The highest BCUT2D eigenvalue weighted by atomic mass is 16.4. The van der Waals surface area contributed by atoms with Gasteiger partial charge >= 0.3 is 5.97 Å². The van der Waals surface area contributed by atoms with E-state index in [9.17, 15) is 9.59 Å². The summed E-state index contributed by atoms with van der Waals surface area (Å²) in [4.78, 5) is 26.2. The van der Waals surface area contributed by atoms with E-state index in [1.54, 1.807) is 0 Å². The summed E-state index contributed by atoms with van der Waals surface area (Å²) < 4.78 is 0. The number of rotatable bonds is 5. The van der Waals surface area contributed by atoms with Crippen LogP contribution in [0, 0.1) is 18.8 Å². The van der Waals surface area contributed by atoms with Crippen molar-refractivity contribution in [2.75, 3.05) is 6.54 Å². The maximum absolute atomic E-state index is 12.0. The van der Waals surface area contributed by atoms with Crippen LogP contribution in [0.15, 0.2) is 24.4 Å². The summed E-state index contributed by atoms with van der Waals surface area (Å²) in [6, 6.07) is 6.26. The van der Waals surface area contributed by atoms with Crippen LogP contribution in [-0.4, -0.2) is 28.5 Å². The van der Waals surface area contributed by atoms with Gasteiger partial charge in [0, 0.05) is 23.6 Å². The lowest BCUT2D eigenvalue weighted by Crippen LogP contribution is -2.44. The van der Waals surface area contributed by atoms with E-state index in [1.807, 2.05) is 6.20 Å². The molecule has 2 unspecified atom stereocenters. The average molecular weight is 300 g/mol. The SMILES string of the molecule is Cc1ccc2c(CCNC(=O)C3CCC3C(=O)O)c[nH]c2c1. The number of aromatic amines is 1. The zero-order valence-corrected chi connectivity index (χ0v) is 12.6. The number of carbonyl (C=O) groups excluding carboxylic acids is 1. The minimum Gasteiger partial charge on any atom is -0.481 e. The van der Waals surface area contributed by atoms with Gasteiger partial charge in [-0.3, -0.25) is 9.59 Å². The first-order chi connectivity index (χ1) is 10.6. The Morgan fingerprint density at radius 2 is 2.09 bits per heavy atom. The molecule has 1 saturated carbocycles. The molecule has 3 rings (SSSR count). The molecule has 5 nitrogen and oxygen atoms in total. The largest absolute Gasteiger partial charge is 0.481 e. The van der Waals surface area contributed by atoms with Crippen LogP contribution in [0.4, 0.5) is 0 Å². The Labute approximate surface area is 128 Å². The summed E-state index contributed by atoms with van der Waals surface area (Å²) in [5.41, 5.74) is 3.48. The molecule has 0 bridgehead atoms. The highest BCUT2D eigenvalue weighted by Crippen LogP contribution is 2.34. The molecule has 0 radical (unpaired) electrons. The zero-order valence-electron chi connectivity index (χ0n) is 12.6. The van der Waals surface area contributed by atoms with Crippen LogP contribution in [-0.2, 0) is 16.0 Å². The van der Waals surface area contributed by atoms with Crippen LogP contribution in [0.25, 0.3) is 10.9 Å². The average Bonchev–Trinajstić information content (AvgIpc) is 2.79. The summed E-state index contributed by atoms with van der Waals surface area (Å²) in [6.45, 7) is 2.58. The monoisotopic (exact) mass is 300 g/mol. The van der Waals surface area contributed by atoms with Gasteiger partial charge in [0.1, 0.15) is 0 Å². The van der Waals surface area contributed by atoms with E-state index in [-0.39, 0.29) is 11.8 Å². The Kier molecular flexibility index (Phi) is 3.88. The minimum absolute atomic E-state index is 0.130. The van der Waals surface area contributed by atoms with Crippen molar-refractivity contribution in [3.8, 4) is 0 Å². The highest BCUT2D eigenvalue weighted by Gasteiger charge is 2.41. The third kappa shape index (κ3) is 2.71. The van der Waals surface area contributed by atoms with Gasteiger partial charge in [-0.1, -0.05) is 12.1 Å². The first-order valence-corrected chi connectivity index (χ1v) is 7.63. The molecule has 5 heteroatoms. The maximum atomic E-state index is 12.0. The Hall–Kier alpha value is -2.30. The van der Waals surface area contributed by atoms with Crippen molar-refractivity contribution < 1.29 is 14.7 Å². The van der Waals surface area contributed by atoms with Crippen molar-refractivity contribution >= 4 is 22.8 Å². The van der Waals surface area contributed by atoms with Crippen LogP contribution < -0.4 is 5.32 Å². The Morgan fingerprint density at radius 3 is 2.77 bits per heavy atom. The molecule has 0 aliphatic heterocycles. The molecule has 0 spiro atoms. The van der Waals surface area contributed by atoms with E-state index >= 15 is 0 Å². The van der Waals surface area contributed by atoms with Crippen LogP contribution in [0.3, 0.4) is 0 Å². The third-order valence-corrected chi connectivity index (χ3v) is 4.54. The molecule has 1 aromatic heterocycles. The fourth-order valence-electron chi connectivity index (χ4n) is 3.07. The van der Waals surface area contributed by atoms with Crippen LogP contribution in [0.2, 0.25) is 0 Å². The predicted molar refractivity (Wildman–Crippen MR) is 83.6 cm³/mol. The Morgan fingerprint density at radius 1 is 1.32 bits per heavy atom. The van der Waals surface area contributed by atoms with E-state index < -0.39 is 11.9 Å². The predicted octanol–water partition coefficient (Wildman–Crippen LogP) is 2.25. The molecule has 0 saturated heterocycles. The summed E-state index contributed by atoms with van der Waals surface area (Å²) >= 11 is 0. The molecule has 1 heterocycles.